The molecule has 154 valence electrons. The molecule has 26 heavy (non-hydrogen) atoms. The van der Waals surface area contributed by atoms with E-state index in [1.807, 2.05) is 0 Å². The first-order valence-electron chi connectivity index (χ1n) is 5.68. The van der Waals surface area contributed by atoms with Gasteiger partial charge in [0.05, 0.1) is 0 Å². The minimum Gasteiger partial charge on any atom is -0.271 e. The van der Waals surface area contributed by atoms with Gasteiger partial charge in [-0.3, -0.25) is 4.74 Å². The monoisotopic (exact) mass is 428 g/mol. The molecule has 1 aliphatic carbocycles. The van der Waals surface area contributed by atoms with Crippen molar-refractivity contribution in [2.75, 3.05) is 0 Å². The summed E-state index contributed by atoms with van der Waals surface area (Å²) in [4.78, 5) is 0. The fraction of sp³-hybridized carbons (Fsp3) is 1.00. The topological polar surface area (TPSA) is 9.23 Å². The van der Waals surface area contributed by atoms with Gasteiger partial charge in [0.15, 0.2) is 0 Å². The van der Waals surface area contributed by atoms with Crippen LogP contribution in [0.2, 0.25) is 0 Å². The van der Waals surface area contributed by atoms with Crippen LogP contribution in [-0.2, 0) is 4.74 Å². The summed E-state index contributed by atoms with van der Waals surface area (Å²) in [5.41, 5.74) is -15.9. The number of fused-ring (bicyclic) bond motifs is 1. The number of hydrogen-bond acceptors (Lipinski definition) is 1. The maximum Gasteiger partial charge on any atom is 0.435 e. The lowest BCUT2D eigenvalue weighted by molar-refractivity contribution is -0.501. The van der Waals surface area contributed by atoms with Gasteiger partial charge in [0.25, 0.3) is 5.67 Å². The summed E-state index contributed by atoms with van der Waals surface area (Å²) in [6.07, 6.45) is -15.2. The van der Waals surface area contributed by atoms with Crippen LogP contribution < -0.4 is 0 Å². The van der Waals surface area contributed by atoms with Crippen molar-refractivity contribution in [1.82, 2.24) is 0 Å². The van der Waals surface area contributed by atoms with Gasteiger partial charge < -0.3 is 0 Å². The lowest BCUT2D eigenvalue weighted by Crippen LogP contribution is -2.88. The molecular formula is C9F16O. The van der Waals surface area contributed by atoms with Crippen LogP contribution in [0.5, 0.6) is 0 Å². The van der Waals surface area contributed by atoms with Gasteiger partial charge in [0.1, 0.15) is 0 Å². The average molecular weight is 428 g/mol. The van der Waals surface area contributed by atoms with Crippen molar-refractivity contribution < 1.29 is 75.0 Å². The molecule has 0 bridgehead atoms. The van der Waals surface area contributed by atoms with Crippen LogP contribution in [0.3, 0.4) is 0 Å². The van der Waals surface area contributed by atoms with Crippen molar-refractivity contribution in [3.05, 3.63) is 0 Å². The van der Waals surface area contributed by atoms with Gasteiger partial charge in [-0.2, -0.15) is 57.1 Å². The van der Waals surface area contributed by atoms with E-state index in [1.165, 1.54) is 0 Å². The molecule has 0 amide bonds. The van der Waals surface area contributed by atoms with E-state index >= 15 is 0 Å². The van der Waals surface area contributed by atoms with E-state index in [9.17, 15) is 70.2 Å². The first-order valence-corrected chi connectivity index (χ1v) is 5.68. The Morgan fingerprint density at radius 3 is 1.19 bits per heavy atom. The zero-order valence-electron chi connectivity index (χ0n) is 11.0. The quantitative estimate of drug-likeness (QED) is 0.504. The molecule has 1 heterocycles. The Kier molecular flexibility index (Phi) is 3.49. The van der Waals surface area contributed by atoms with Gasteiger partial charge in [0.2, 0.25) is 0 Å². The van der Waals surface area contributed by atoms with Crippen molar-refractivity contribution in [3.63, 3.8) is 0 Å². The van der Waals surface area contributed by atoms with Crippen LogP contribution in [0.15, 0.2) is 0 Å². The molecule has 0 N–H and O–H groups in total. The summed E-state index contributed by atoms with van der Waals surface area (Å²) in [7, 11) is 0. The van der Waals surface area contributed by atoms with E-state index in [2.05, 4.69) is 0 Å². The summed E-state index contributed by atoms with van der Waals surface area (Å²) in [5, 5.41) is 0. The van der Waals surface area contributed by atoms with E-state index in [0.29, 0.717) is 0 Å². The van der Waals surface area contributed by atoms with E-state index in [-0.39, 0.29) is 0 Å². The molecule has 1 saturated carbocycles. The zero-order valence-corrected chi connectivity index (χ0v) is 11.0. The third-order valence-corrected chi connectivity index (χ3v) is 4.00. The second kappa shape index (κ2) is 4.29. The van der Waals surface area contributed by atoms with Crippen LogP contribution in [0.25, 0.3) is 0 Å². The maximum absolute atomic E-state index is 14.2. The molecule has 3 unspecified atom stereocenters. The highest BCUT2D eigenvalue weighted by Crippen LogP contribution is 2.79. The van der Waals surface area contributed by atoms with Crippen molar-refractivity contribution in [3.8, 4) is 0 Å². The van der Waals surface area contributed by atoms with Gasteiger partial charge in [-0.1, -0.05) is 0 Å². The Hall–Kier alpha value is -1.16. The second-order valence-corrected chi connectivity index (χ2v) is 5.33. The van der Waals surface area contributed by atoms with Crippen LogP contribution in [0, 0.1) is 0 Å². The molecule has 0 radical (unpaired) electrons. The van der Waals surface area contributed by atoms with Crippen molar-refractivity contribution >= 4 is 0 Å². The van der Waals surface area contributed by atoms with Crippen LogP contribution in [-0.4, -0.2) is 53.2 Å². The fourth-order valence-corrected chi connectivity index (χ4v) is 2.61. The normalized spacial score (nSPS) is 45.2. The number of hydrogen-bond donors (Lipinski definition) is 0. The Morgan fingerprint density at radius 2 is 0.846 bits per heavy atom. The molecule has 2 fully saturated rings. The van der Waals surface area contributed by atoms with Crippen molar-refractivity contribution in [2.45, 2.75) is 53.2 Å². The number of halogens is 16. The molecule has 3 atom stereocenters. The summed E-state index contributed by atoms with van der Waals surface area (Å²) < 4.78 is 213. The molecule has 0 aromatic heterocycles. The minimum absolute atomic E-state index is 1.75. The Morgan fingerprint density at radius 1 is 0.500 bits per heavy atom. The SMILES string of the molecule is FC(F)(F)C1(F)C(F)(F)OC2(F)C(F)(F)C(F)(F)C(F)(F)C(F)(F)C21F. The highest BCUT2D eigenvalue weighted by Gasteiger charge is 3.12. The first-order chi connectivity index (χ1) is 11.0. The molecule has 1 saturated heterocycles. The molecule has 17 heteroatoms. The number of alkyl halides is 16. The van der Waals surface area contributed by atoms with Crippen LogP contribution >= 0.6 is 0 Å². The standard InChI is InChI=1S/C9F16O/c10-1-2(11,8(21,22)23)9(24,25)26-7(1,20)6(18,19)5(16,17)4(14,15)3(1,12)13. The minimum atomic E-state index is -8.09. The molecule has 0 aromatic carbocycles. The maximum atomic E-state index is 14.2. The average Bonchev–Trinajstić information content (AvgIpc) is 2.54. The lowest BCUT2D eigenvalue weighted by atomic mass is 9.65. The van der Waals surface area contributed by atoms with Crippen LogP contribution in [0.4, 0.5) is 70.2 Å². The molecule has 1 aliphatic heterocycles. The highest BCUT2D eigenvalue weighted by molar-refractivity contribution is 5.37. The van der Waals surface area contributed by atoms with Gasteiger partial charge in [0, 0.05) is 0 Å². The predicted molar refractivity (Wildman–Crippen MR) is 43.4 cm³/mol. The highest BCUT2D eigenvalue weighted by atomic mass is 19.4. The molecule has 1 nitrogen and oxygen atoms in total. The zero-order chi connectivity index (χ0) is 21.2. The molecular weight excluding hydrogens is 428 g/mol. The Balaban J connectivity index is 3.09. The third-order valence-electron chi connectivity index (χ3n) is 4.00. The third kappa shape index (κ3) is 1.48. The molecule has 2 aliphatic rings. The van der Waals surface area contributed by atoms with Crippen molar-refractivity contribution in [1.29, 1.82) is 0 Å². The van der Waals surface area contributed by atoms with E-state index in [1.54, 1.807) is 4.74 Å². The molecule has 2 rings (SSSR count). The molecule has 0 spiro atoms. The summed E-state index contributed by atoms with van der Waals surface area (Å²) in [5.74, 6) is -39.2. The van der Waals surface area contributed by atoms with Crippen molar-refractivity contribution in [2.24, 2.45) is 0 Å². The fourth-order valence-electron chi connectivity index (χ4n) is 2.61. The van der Waals surface area contributed by atoms with Gasteiger partial charge in [-0.15, -0.1) is 0 Å². The first kappa shape index (κ1) is 21.1. The summed E-state index contributed by atoms with van der Waals surface area (Å²) >= 11 is 0. The van der Waals surface area contributed by atoms with Gasteiger partial charge in [-0.25, -0.2) is 13.2 Å². The second-order valence-electron chi connectivity index (χ2n) is 5.33. The van der Waals surface area contributed by atoms with E-state index < -0.39 is 53.2 Å². The number of ether oxygens (including phenoxy) is 1. The van der Waals surface area contributed by atoms with Crippen LogP contribution in [0.1, 0.15) is 0 Å². The largest absolute Gasteiger partial charge is 0.435 e. The summed E-state index contributed by atoms with van der Waals surface area (Å²) in [6, 6.07) is 0. The van der Waals surface area contributed by atoms with E-state index in [0.717, 1.165) is 0 Å². The lowest BCUT2D eigenvalue weighted by Gasteiger charge is -2.53. The smallest absolute Gasteiger partial charge is 0.271 e. The summed E-state index contributed by atoms with van der Waals surface area (Å²) in [6.45, 7) is 0. The van der Waals surface area contributed by atoms with Gasteiger partial charge >= 0.3 is 47.5 Å². The number of rotatable bonds is 0. The Bertz CT molecular complexity index is 636. The van der Waals surface area contributed by atoms with E-state index in [4.69, 9.17) is 0 Å². The molecule has 0 aromatic rings. The van der Waals surface area contributed by atoms with Gasteiger partial charge in [-0.05, 0) is 0 Å². The Labute approximate surface area is 129 Å². The predicted octanol–water partition coefficient (Wildman–Crippen LogP) is 4.81.